The number of benzene rings is 1. The maximum absolute atomic E-state index is 11.9. The lowest BCUT2D eigenvalue weighted by atomic mass is 10.1. The van der Waals surface area contributed by atoms with E-state index in [-0.39, 0.29) is 24.7 Å². The molecule has 0 unspecified atom stereocenters. The molecular formula is C18H16BrIN4O3. The smallest absolute Gasteiger partial charge is 0.278 e. The van der Waals surface area contributed by atoms with Gasteiger partial charge in [0.2, 0.25) is 5.88 Å². The normalized spacial score (nSPS) is 10.6. The molecule has 1 aromatic carbocycles. The number of pyridine rings is 1. The number of carbonyl (C=O) groups excluding carboxylic acids is 1. The van der Waals surface area contributed by atoms with E-state index in [2.05, 4.69) is 60.1 Å². The molecule has 1 amide bonds. The Hall–Kier alpha value is -2.03. The van der Waals surface area contributed by atoms with Gasteiger partial charge in [-0.15, -0.1) is 0 Å². The van der Waals surface area contributed by atoms with Crippen LogP contribution in [0, 0.1) is 21.8 Å². The lowest BCUT2D eigenvalue weighted by Crippen LogP contribution is -2.25. The summed E-state index contributed by atoms with van der Waals surface area (Å²) in [6.45, 7) is 1.66. The van der Waals surface area contributed by atoms with Crippen molar-refractivity contribution in [2.45, 2.75) is 13.5 Å². The van der Waals surface area contributed by atoms with Gasteiger partial charge in [-0.1, -0.05) is 12.1 Å². The van der Waals surface area contributed by atoms with E-state index < -0.39 is 5.91 Å². The van der Waals surface area contributed by atoms with E-state index in [4.69, 9.17) is 9.47 Å². The van der Waals surface area contributed by atoms with Crippen molar-refractivity contribution in [2.75, 3.05) is 13.7 Å². The zero-order valence-corrected chi connectivity index (χ0v) is 18.4. The predicted molar refractivity (Wildman–Crippen MR) is 112 cm³/mol. The summed E-state index contributed by atoms with van der Waals surface area (Å²) in [7, 11) is 1.53. The minimum absolute atomic E-state index is 0.0852. The number of amides is 1. The SMILES string of the molecule is COCc1c(Br)c(C)nc(OCC(=O)N/N=C\c2ccc(I)cc2)c1C#N. The summed E-state index contributed by atoms with van der Waals surface area (Å²) < 4.78 is 12.4. The molecule has 0 saturated heterocycles. The number of aryl methyl sites for hydroxylation is 1. The van der Waals surface area contributed by atoms with Crippen LogP contribution in [0.3, 0.4) is 0 Å². The Balaban J connectivity index is 2.02. The fourth-order valence-electron chi connectivity index (χ4n) is 2.11. The molecule has 0 aliphatic rings. The van der Waals surface area contributed by atoms with Gasteiger partial charge in [-0.3, -0.25) is 4.79 Å². The lowest BCUT2D eigenvalue weighted by molar-refractivity contribution is -0.123. The van der Waals surface area contributed by atoms with Crippen LogP contribution in [0.2, 0.25) is 0 Å². The maximum atomic E-state index is 11.9. The summed E-state index contributed by atoms with van der Waals surface area (Å²) in [4.78, 5) is 16.2. The van der Waals surface area contributed by atoms with Crippen LogP contribution in [0.25, 0.3) is 0 Å². The molecule has 0 saturated carbocycles. The van der Waals surface area contributed by atoms with Gasteiger partial charge in [0.25, 0.3) is 5.91 Å². The van der Waals surface area contributed by atoms with Crippen LogP contribution < -0.4 is 10.2 Å². The fourth-order valence-corrected chi connectivity index (χ4v) is 2.87. The first-order valence-electron chi connectivity index (χ1n) is 7.74. The highest BCUT2D eigenvalue weighted by Crippen LogP contribution is 2.29. The molecule has 0 atom stereocenters. The summed E-state index contributed by atoms with van der Waals surface area (Å²) in [6.07, 6.45) is 1.54. The molecular weight excluding hydrogens is 527 g/mol. The molecule has 0 aliphatic heterocycles. The van der Waals surface area contributed by atoms with Gasteiger partial charge >= 0.3 is 0 Å². The highest BCUT2D eigenvalue weighted by atomic mass is 127. The average molecular weight is 543 g/mol. The lowest BCUT2D eigenvalue weighted by Gasteiger charge is -2.13. The number of halogens is 2. The number of ether oxygens (including phenoxy) is 2. The standard InChI is InChI=1S/C18H16BrIN4O3/c1-11-17(19)15(9-26-2)14(7-21)18(23-11)27-10-16(25)24-22-8-12-3-5-13(20)6-4-12/h3-6,8H,9-10H2,1-2H3,(H,24,25)/b22-8-. The third-order valence-corrected chi connectivity index (χ3v) is 5.15. The number of nitrogens with one attached hydrogen (secondary N) is 1. The number of nitriles is 1. The number of methoxy groups -OCH3 is 1. The zero-order valence-electron chi connectivity index (χ0n) is 14.6. The first-order chi connectivity index (χ1) is 13.0. The van der Waals surface area contributed by atoms with Gasteiger partial charge in [0, 0.05) is 20.7 Å². The summed E-state index contributed by atoms with van der Waals surface area (Å²) in [6, 6.07) is 9.71. The topological polar surface area (TPSA) is 96.6 Å². The van der Waals surface area contributed by atoms with Gasteiger partial charge in [-0.2, -0.15) is 10.4 Å². The zero-order chi connectivity index (χ0) is 19.8. The van der Waals surface area contributed by atoms with Crippen molar-refractivity contribution in [3.63, 3.8) is 0 Å². The highest BCUT2D eigenvalue weighted by Gasteiger charge is 2.18. The number of aromatic nitrogens is 1. The number of carbonyl (C=O) groups is 1. The summed E-state index contributed by atoms with van der Waals surface area (Å²) in [5, 5.41) is 13.3. The van der Waals surface area contributed by atoms with Gasteiger partial charge in [0.1, 0.15) is 11.6 Å². The molecule has 0 radical (unpaired) electrons. The summed E-state index contributed by atoms with van der Waals surface area (Å²) in [5.41, 5.74) is 4.72. The molecule has 0 fully saturated rings. The molecule has 0 spiro atoms. The second-order valence-corrected chi connectivity index (χ2v) is 7.39. The van der Waals surface area contributed by atoms with Crippen LogP contribution in [0.4, 0.5) is 0 Å². The highest BCUT2D eigenvalue weighted by molar-refractivity contribution is 14.1. The van der Waals surface area contributed by atoms with Gasteiger partial charge in [-0.05, 0) is 63.1 Å². The first kappa shape index (κ1) is 21.3. The van der Waals surface area contributed by atoms with Gasteiger partial charge in [0.05, 0.1) is 18.5 Å². The van der Waals surface area contributed by atoms with E-state index in [0.717, 1.165) is 9.13 Å². The minimum atomic E-state index is -0.462. The summed E-state index contributed by atoms with van der Waals surface area (Å²) >= 11 is 5.61. The Labute approximate surface area is 179 Å². The van der Waals surface area contributed by atoms with Crippen molar-refractivity contribution in [3.8, 4) is 11.9 Å². The van der Waals surface area contributed by atoms with Crippen LogP contribution in [-0.2, 0) is 16.1 Å². The van der Waals surface area contributed by atoms with E-state index >= 15 is 0 Å². The Kier molecular flexibility index (Phi) is 8.15. The second-order valence-electron chi connectivity index (χ2n) is 5.35. The third-order valence-electron chi connectivity index (χ3n) is 3.38. The van der Waals surface area contributed by atoms with E-state index in [1.807, 2.05) is 24.3 Å². The van der Waals surface area contributed by atoms with Gasteiger partial charge < -0.3 is 9.47 Å². The largest absolute Gasteiger partial charge is 0.467 e. The summed E-state index contributed by atoms with van der Waals surface area (Å²) in [5.74, 6) is -0.377. The monoisotopic (exact) mass is 542 g/mol. The van der Waals surface area contributed by atoms with Gasteiger partial charge in [0.15, 0.2) is 6.61 Å². The third kappa shape index (κ3) is 5.98. The van der Waals surface area contributed by atoms with Crippen LogP contribution >= 0.6 is 38.5 Å². The maximum Gasteiger partial charge on any atom is 0.278 e. The van der Waals surface area contributed by atoms with Crippen molar-refractivity contribution in [2.24, 2.45) is 5.10 Å². The average Bonchev–Trinajstić information content (AvgIpc) is 2.65. The molecule has 1 heterocycles. The Bertz CT molecular complexity index is 895. The number of hydrogen-bond donors (Lipinski definition) is 1. The molecule has 1 N–H and O–H groups in total. The van der Waals surface area contributed by atoms with Crippen LogP contribution in [0.15, 0.2) is 33.8 Å². The predicted octanol–water partition coefficient (Wildman–Crippen LogP) is 3.30. The number of hydrazone groups is 1. The Morgan fingerprint density at radius 3 is 2.78 bits per heavy atom. The van der Waals surface area contributed by atoms with Crippen molar-refractivity contribution in [1.29, 1.82) is 5.26 Å². The molecule has 9 heteroatoms. The number of rotatable bonds is 7. The van der Waals surface area contributed by atoms with Gasteiger partial charge in [-0.25, -0.2) is 10.4 Å². The molecule has 2 rings (SSSR count). The minimum Gasteiger partial charge on any atom is -0.467 e. The van der Waals surface area contributed by atoms with E-state index in [1.54, 1.807) is 6.92 Å². The van der Waals surface area contributed by atoms with Crippen LogP contribution in [0.1, 0.15) is 22.4 Å². The van der Waals surface area contributed by atoms with E-state index in [9.17, 15) is 10.1 Å². The van der Waals surface area contributed by atoms with E-state index in [1.165, 1.54) is 13.3 Å². The molecule has 0 aliphatic carbocycles. The number of nitrogens with zero attached hydrogens (tertiary/aromatic N) is 3. The van der Waals surface area contributed by atoms with Crippen molar-refractivity contribution >= 4 is 50.6 Å². The van der Waals surface area contributed by atoms with Crippen molar-refractivity contribution in [3.05, 3.63) is 54.7 Å². The van der Waals surface area contributed by atoms with Crippen LogP contribution in [0.5, 0.6) is 5.88 Å². The molecule has 1 aromatic heterocycles. The van der Waals surface area contributed by atoms with Crippen LogP contribution in [-0.4, -0.2) is 30.8 Å². The van der Waals surface area contributed by atoms with Crippen molar-refractivity contribution in [1.82, 2.24) is 10.4 Å². The Morgan fingerprint density at radius 1 is 1.44 bits per heavy atom. The molecule has 0 bridgehead atoms. The second kappa shape index (κ2) is 10.3. The molecule has 2 aromatic rings. The molecule has 140 valence electrons. The van der Waals surface area contributed by atoms with E-state index in [0.29, 0.717) is 15.7 Å². The quantitative estimate of drug-likeness (QED) is 0.329. The molecule has 27 heavy (non-hydrogen) atoms. The Morgan fingerprint density at radius 2 is 2.15 bits per heavy atom. The fraction of sp³-hybridized carbons (Fsp3) is 0.222. The van der Waals surface area contributed by atoms with Crippen molar-refractivity contribution < 1.29 is 14.3 Å². The molecule has 7 nitrogen and oxygen atoms in total. The number of hydrogen-bond acceptors (Lipinski definition) is 6. The first-order valence-corrected chi connectivity index (χ1v) is 9.61.